The van der Waals surface area contributed by atoms with Crippen molar-refractivity contribution in [1.82, 2.24) is 15.1 Å². The SMILES string of the molecule is CCC(CC)c1nnc(NC(=O)N2CCCC2c2cccs2)s1. The van der Waals surface area contributed by atoms with Gasteiger partial charge >= 0.3 is 6.03 Å². The fourth-order valence-electron chi connectivity index (χ4n) is 3.04. The molecule has 3 rings (SSSR count). The third-order valence-corrected chi connectivity index (χ3v) is 6.35. The first-order valence-electron chi connectivity index (χ1n) is 8.17. The van der Waals surface area contributed by atoms with Crippen LogP contribution in [0.15, 0.2) is 17.5 Å². The number of carbonyl (C=O) groups excluding carboxylic acids is 1. The quantitative estimate of drug-likeness (QED) is 0.836. The lowest BCUT2D eigenvalue weighted by molar-refractivity contribution is 0.208. The molecule has 1 saturated heterocycles. The molecule has 1 unspecified atom stereocenters. The number of nitrogens with zero attached hydrogens (tertiary/aromatic N) is 3. The Morgan fingerprint density at radius 1 is 1.43 bits per heavy atom. The summed E-state index contributed by atoms with van der Waals surface area (Å²) in [5.74, 6) is 0.434. The molecular formula is C16H22N4OS2. The number of thiophene rings is 1. The maximum atomic E-state index is 12.6. The van der Waals surface area contributed by atoms with Crippen LogP contribution in [0.3, 0.4) is 0 Å². The molecule has 1 fully saturated rings. The van der Waals surface area contributed by atoms with E-state index in [2.05, 4.69) is 40.8 Å². The smallest absolute Gasteiger partial charge is 0.317 e. The Hall–Kier alpha value is -1.47. The van der Waals surface area contributed by atoms with Crippen LogP contribution in [-0.2, 0) is 0 Å². The number of rotatable bonds is 5. The van der Waals surface area contributed by atoms with Gasteiger partial charge in [-0.3, -0.25) is 5.32 Å². The third kappa shape index (κ3) is 3.55. The largest absolute Gasteiger partial charge is 0.324 e. The van der Waals surface area contributed by atoms with Gasteiger partial charge in [0.1, 0.15) is 5.01 Å². The van der Waals surface area contributed by atoms with E-state index in [1.807, 2.05) is 11.0 Å². The number of anilines is 1. The van der Waals surface area contributed by atoms with E-state index >= 15 is 0 Å². The van der Waals surface area contributed by atoms with Crippen LogP contribution >= 0.6 is 22.7 Å². The molecule has 1 aliphatic heterocycles. The van der Waals surface area contributed by atoms with E-state index in [1.165, 1.54) is 16.2 Å². The minimum atomic E-state index is -0.0619. The zero-order valence-electron chi connectivity index (χ0n) is 13.5. The molecule has 1 N–H and O–H groups in total. The first kappa shape index (κ1) is 16.4. The van der Waals surface area contributed by atoms with Crippen molar-refractivity contribution >= 4 is 33.8 Å². The van der Waals surface area contributed by atoms with E-state index in [9.17, 15) is 4.79 Å². The predicted octanol–water partition coefficient (Wildman–Crippen LogP) is 4.87. The van der Waals surface area contributed by atoms with Gasteiger partial charge < -0.3 is 4.90 Å². The van der Waals surface area contributed by atoms with Crippen molar-refractivity contribution in [3.63, 3.8) is 0 Å². The molecule has 1 aliphatic rings. The Kier molecular flexibility index (Phi) is 5.27. The number of urea groups is 1. The van der Waals surface area contributed by atoms with E-state index in [4.69, 9.17) is 0 Å². The average Bonchev–Trinajstić information content (AvgIpc) is 3.29. The molecule has 0 spiro atoms. The van der Waals surface area contributed by atoms with Crippen LogP contribution in [0.4, 0.5) is 9.93 Å². The first-order valence-corrected chi connectivity index (χ1v) is 9.87. The van der Waals surface area contributed by atoms with Gasteiger partial charge in [0.15, 0.2) is 0 Å². The van der Waals surface area contributed by atoms with Crippen LogP contribution in [-0.4, -0.2) is 27.7 Å². The van der Waals surface area contributed by atoms with Gasteiger partial charge in [0.05, 0.1) is 6.04 Å². The number of likely N-dealkylation sites (tertiary alicyclic amines) is 1. The highest BCUT2D eigenvalue weighted by Gasteiger charge is 2.31. The zero-order valence-corrected chi connectivity index (χ0v) is 15.1. The van der Waals surface area contributed by atoms with Crippen molar-refractivity contribution in [2.45, 2.75) is 51.5 Å². The van der Waals surface area contributed by atoms with Crippen LogP contribution in [0.25, 0.3) is 0 Å². The van der Waals surface area contributed by atoms with Gasteiger partial charge in [-0.05, 0) is 37.1 Å². The molecule has 1 atom stereocenters. The molecule has 0 radical (unpaired) electrons. The van der Waals surface area contributed by atoms with E-state index in [0.29, 0.717) is 11.0 Å². The Bertz CT molecular complexity index is 636. The van der Waals surface area contributed by atoms with E-state index in [0.717, 1.165) is 37.2 Å². The highest BCUT2D eigenvalue weighted by Crippen LogP contribution is 2.35. The summed E-state index contributed by atoms with van der Waals surface area (Å²) in [6.45, 7) is 5.11. The molecule has 0 saturated carbocycles. The second kappa shape index (κ2) is 7.40. The highest BCUT2D eigenvalue weighted by molar-refractivity contribution is 7.15. The van der Waals surface area contributed by atoms with Crippen LogP contribution in [0, 0.1) is 0 Å². The molecule has 5 nitrogen and oxygen atoms in total. The van der Waals surface area contributed by atoms with Gasteiger partial charge in [-0.2, -0.15) is 0 Å². The number of amides is 2. The topological polar surface area (TPSA) is 58.1 Å². The molecule has 2 amide bonds. The molecule has 23 heavy (non-hydrogen) atoms. The average molecular weight is 351 g/mol. The summed E-state index contributed by atoms with van der Waals surface area (Å²) in [5.41, 5.74) is 0. The minimum absolute atomic E-state index is 0.0619. The van der Waals surface area contributed by atoms with Crippen LogP contribution in [0.1, 0.15) is 61.4 Å². The van der Waals surface area contributed by atoms with Crippen molar-refractivity contribution in [2.24, 2.45) is 0 Å². The Balaban J connectivity index is 1.67. The van der Waals surface area contributed by atoms with Gasteiger partial charge in [0.2, 0.25) is 5.13 Å². The monoisotopic (exact) mass is 350 g/mol. The Morgan fingerprint density at radius 2 is 2.26 bits per heavy atom. The van der Waals surface area contributed by atoms with Gasteiger partial charge in [-0.25, -0.2) is 4.79 Å². The van der Waals surface area contributed by atoms with Gasteiger partial charge in [0, 0.05) is 17.3 Å². The molecule has 0 aliphatic carbocycles. The fraction of sp³-hybridized carbons (Fsp3) is 0.562. The number of carbonyl (C=O) groups is 1. The van der Waals surface area contributed by atoms with Crippen molar-refractivity contribution in [3.8, 4) is 0 Å². The molecule has 2 aromatic rings. The van der Waals surface area contributed by atoms with Crippen LogP contribution < -0.4 is 5.32 Å². The normalized spacial score (nSPS) is 17.9. The standard InChI is InChI=1S/C16H22N4OS2/c1-3-11(4-2)14-18-19-15(23-14)17-16(21)20-9-5-7-12(20)13-8-6-10-22-13/h6,8,10-12H,3-5,7,9H2,1-2H3,(H,17,19,21). The van der Waals surface area contributed by atoms with Crippen LogP contribution in [0.5, 0.6) is 0 Å². The molecule has 0 aromatic carbocycles. The number of aromatic nitrogens is 2. The summed E-state index contributed by atoms with van der Waals surface area (Å²) < 4.78 is 0. The summed E-state index contributed by atoms with van der Waals surface area (Å²) in [6, 6.07) is 4.28. The van der Waals surface area contributed by atoms with Crippen LogP contribution in [0.2, 0.25) is 0 Å². The summed E-state index contributed by atoms with van der Waals surface area (Å²) in [5, 5.41) is 15.0. The lowest BCUT2D eigenvalue weighted by atomic mass is 10.1. The summed E-state index contributed by atoms with van der Waals surface area (Å²) in [7, 11) is 0. The molecule has 2 aromatic heterocycles. The molecule has 124 valence electrons. The number of nitrogens with one attached hydrogen (secondary N) is 1. The molecule has 3 heterocycles. The van der Waals surface area contributed by atoms with Gasteiger partial charge in [-0.15, -0.1) is 21.5 Å². The minimum Gasteiger partial charge on any atom is -0.317 e. The summed E-state index contributed by atoms with van der Waals surface area (Å²) in [4.78, 5) is 15.8. The first-order chi connectivity index (χ1) is 11.2. The second-order valence-corrected chi connectivity index (χ2v) is 7.74. The van der Waals surface area contributed by atoms with Gasteiger partial charge in [-0.1, -0.05) is 31.3 Å². The Labute approximate surface area is 144 Å². The predicted molar refractivity (Wildman–Crippen MR) is 95.3 cm³/mol. The number of hydrogen-bond acceptors (Lipinski definition) is 5. The van der Waals surface area contributed by atoms with E-state index in [1.54, 1.807) is 11.3 Å². The molecular weight excluding hydrogens is 328 g/mol. The zero-order chi connectivity index (χ0) is 16.2. The van der Waals surface area contributed by atoms with Crippen molar-refractivity contribution in [2.75, 3.05) is 11.9 Å². The van der Waals surface area contributed by atoms with Crippen molar-refractivity contribution in [1.29, 1.82) is 0 Å². The highest BCUT2D eigenvalue weighted by atomic mass is 32.1. The maximum Gasteiger partial charge on any atom is 0.324 e. The fourth-order valence-corrected chi connectivity index (χ4v) is 4.91. The van der Waals surface area contributed by atoms with Crippen molar-refractivity contribution < 1.29 is 4.79 Å². The van der Waals surface area contributed by atoms with Crippen molar-refractivity contribution in [3.05, 3.63) is 27.4 Å². The number of hydrogen-bond donors (Lipinski definition) is 1. The third-order valence-electron chi connectivity index (χ3n) is 4.37. The Morgan fingerprint density at radius 3 is 2.96 bits per heavy atom. The maximum absolute atomic E-state index is 12.6. The summed E-state index contributed by atoms with van der Waals surface area (Å²) >= 11 is 3.21. The lowest BCUT2D eigenvalue weighted by Gasteiger charge is -2.23. The second-order valence-electron chi connectivity index (χ2n) is 5.76. The van der Waals surface area contributed by atoms with E-state index in [-0.39, 0.29) is 12.1 Å². The summed E-state index contributed by atoms with van der Waals surface area (Å²) in [6.07, 6.45) is 4.17. The molecule has 7 heteroatoms. The van der Waals surface area contributed by atoms with Gasteiger partial charge in [0.25, 0.3) is 0 Å². The lowest BCUT2D eigenvalue weighted by Crippen LogP contribution is -2.34. The van der Waals surface area contributed by atoms with E-state index < -0.39 is 0 Å². The molecule has 0 bridgehead atoms.